The molecule has 0 radical (unpaired) electrons. The molecule has 1 heteroatoms. The van der Waals surface area contributed by atoms with Crippen LogP contribution in [0.2, 0.25) is 0 Å². The van der Waals surface area contributed by atoms with Crippen molar-refractivity contribution in [3.05, 3.63) is 35.4 Å². The molecule has 0 N–H and O–H groups in total. The van der Waals surface area contributed by atoms with Crippen molar-refractivity contribution in [3.63, 3.8) is 0 Å². The van der Waals surface area contributed by atoms with Gasteiger partial charge in [0.15, 0.2) is 0 Å². The maximum absolute atomic E-state index is 2.71. The molecule has 5 rings (SSSR count). The lowest BCUT2D eigenvalue weighted by molar-refractivity contribution is -0.0822. The Balaban J connectivity index is 1.54. The minimum Gasteiger partial charge on any atom is -0.296 e. The zero-order valence-electron chi connectivity index (χ0n) is 12.9. The molecule has 4 bridgehead atoms. The third kappa shape index (κ3) is 2.11. The summed E-state index contributed by atoms with van der Waals surface area (Å²) in [6, 6.07) is 9.06. The second-order valence-electron chi connectivity index (χ2n) is 7.99. The molecular weight excluding hydrogens is 242 g/mol. The number of rotatable bonds is 3. The van der Waals surface area contributed by atoms with Crippen molar-refractivity contribution in [2.75, 3.05) is 7.05 Å². The van der Waals surface area contributed by atoms with Crippen molar-refractivity contribution in [2.24, 2.45) is 17.8 Å². The predicted molar refractivity (Wildman–Crippen MR) is 83.5 cm³/mol. The monoisotopic (exact) mass is 269 g/mol. The molecule has 0 unspecified atom stereocenters. The van der Waals surface area contributed by atoms with Crippen LogP contribution in [0, 0.1) is 24.7 Å². The molecule has 0 spiro atoms. The Hall–Kier alpha value is -0.820. The fourth-order valence-corrected chi connectivity index (χ4v) is 5.78. The highest BCUT2D eigenvalue weighted by Gasteiger charge is 2.52. The highest BCUT2D eigenvalue weighted by Crippen LogP contribution is 2.57. The molecule has 4 fully saturated rings. The van der Waals surface area contributed by atoms with Crippen LogP contribution in [0.3, 0.4) is 0 Å². The lowest BCUT2D eigenvalue weighted by Gasteiger charge is -2.60. The minimum atomic E-state index is 0.540. The van der Waals surface area contributed by atoms with E-state index in [2.05, 4.69) is 43.1 Å². The van der Waals surface area contributed by atoms with E-state index in [0.29, 0.717) is 5.54 Å². The average molecular weight is 269 g/mol. The summed E-state index contributed by atoms with van der Waals surface area (Å²) in [5.74, 6) is 3.13. The highest BCUT2D eigenvalue weighted by atomic mass is 15.2. The van der Waals surface area contributed by atoms with Crippen LogP contribution in [0.15, 0.2) is 24.3 Å². The number of nitrogens with zero attached hydrogens (tertiary/aromatic N) is 1. The maximum Gasteiger partial charge on any atom is 0.0236 e. The molecule has 0 saturated heterocycles. The van der Waals surface area contributed by atoms with Gasteiger partial charge in [-0.05, 0) is 75.8 Å². The first-order chi connectivity index (χ1) is 9.63. The third-order valence-electron chi connectivity index (χ3n) is 6.32. The summed E-state index contributed by atoms with van der Waals surface area (Å²) in [5, 5.41) is 0. The number of hydrogen-bond donors (Lipinski definition) is 0. The van der Waals surface area contributed by atoms with Crippen LogP contribution in [0.5, 0.6) is 0 Å². The first kappa shape index (κ1) is 12.9. The smallest absolute Gasteiger partial charge is 0.0236 e. The summed E-state index contributed by atoms with van der Waals surface area (Å²) in [5.41, 5.74) is 3.42. The Labute approximate surface area is 123 Å². The molecule has 108 valence electrons. The number of aryl methyl sites for hydroxylation is 1. The molecule has 1 aromatic rings. The first-order valence-electron chi connectivity index (χ1n) is 8.40. The van der Waals surface area contributed by atoms with Crippen molar-refractivity contribution in [2.45, 2.75) is 57.5 Å². The highest BCUT2D eigenvalue weighted by molar-refractivity contribution is 5.22. The molecule has 4 aliphatic carbocycles. The molecule has 20 heavy (non-hydrogen) atoms. The predicted octanol–water partition coefficient (Wildman–Crippen LogP) is 4.40. The second kappa shape index (κ2) is 4.59. The Kier molecular flexibility index (Phi) is 2.96. The van der Waals surface area contributed by atoms with Gasteiger partial charge in [0.2, 0.25) is 0 Å². The Morgan fingerprint density at radius 1 is 1.05 bits per heavy atom. The lowest BCUT2D eigenvalue weighted by atomic mass is 9.52. The van der Waals surface area contributed by atoms with E-state index < -0.39 is 0 Å². The minimum absolute atomic E-state index is 0.540. The van der Waals surface area contributed by atoms with Gasteiger partial charge in [-0.1, -0.05) is 29.8 Å². The summed E-state index contributed by atoms with van der Waals surface area (Å²) in [4.78, 5) is 2.71. The topological polar surface area (TPSA) is 3.24 Å². The zero-order chi connectivity index (χ0) is 13.7. The van der Waals surface area contributed by atoms with E-state index in [-0.39, 0.29) is 0 Å². The zero-order valence-corrected chi connectivity index (χ0v) is 12.9. The average Bonchev–Trinajstić information content (AvgIpc) is 2.37. The van der Waals surface area contributed by atoms with Crippen molar-refractivity contribution in [1.82, 2.24) is 4.90 Å². The van der Waals surface area contributed by atoms with Crippen LogP contribution in [0.25, 0.3) is 0 Å². The van der Waals surface area contributed by atoms with E-state index in [1.807, 2.05) is 0 Å². The molecule has 0 amide bonds. The van der Waals surface area contributed by atoms with Gasteiger partial charge in [-0.2, -0.15) is 0 Å². The van der Waals surface area contributed by atoms with Crippen LogP contribution in [-0.2, 0) is 6.54 Å². The van der Waals surface area contributed by atoms with Gasteiger partial charge in [0.05, 0.1) is 0 Å². The number of hydrogen-bond acceptors (Lipinski definition) is 1. The normalized spacial score (nSPS) is 38.6. The van der Waals surface area contributed by atoms with Gasteiger partial charge in [0.1, 0.15) is 0 Å². The summed E-state index contributed by atoms with van der Waals surface area (Å²) in [7, 11) is 2.38. The lowest BCUT2D eigenvalue weighted by Crippen LogP contribution is -2.58. The molecule has 4 aliphatic rings. The van der Waals surface area contributed by atoms with Crippen molar-refractivity contribution >= 4 is 0 Å². The van der Waals surface area contributed by atoms with Crippen molar-refractivity contribution in [1.29, 1.82) is 0 Å². The van der Waals surface area contributed by atoms with Gasteiger partial charge in [0.25, 0.3) is 0 Å². The summed E-state index contributed by atoms with van der Waals surface area (Å²) in [6.45, 7) is 3.34. The van der Waals surface area contributed by atoms with Crippen LogP contribution >= 0.6 is 0 Å². The Bertz CT molecular complexity index is 469. The van der Waals surface area contributed by atoms with Gasteiger partial charge in [-0.3, -0.25) is 4.90 Å². The number of benzene rings is 1. The van der Waals surface area contributed by atoms with Gasteiger partial charge >= 0.3 is 0 Å². The summed E-state index contributed by atoms with van der Waals surface area (Å²) in [6.07, 6.45) is 9.04. The molecule has 1 nitrogen and oxygen atoms in total. The Morgan fingerprint density at radius 2 is 1.65 bits per heavy atom. The van der Waals surface area contributed by atoms with Gasteiger partial charge < -0.3 is 0 Å². The van der Waals surface area contributed by atoms with Crippen LogP contribution < -0.4 is 0 Å². The summed E-state index contributed by atoms with van der Waals surface area (Å²) >= 11 is 0. The first-order valence-corrected chi connectivity index (χ1v) is 8.40. The maximum atomic E-state index is 2.71. The van der Waals surface area contributed by atoms with Crippen molar-refractivity contribution < 1.29 is 0 Å². The van der Waals surface area contributed by atoms with Crippen LogP contribution in [0.1, 0.15) is 49.7 Å². The standard InChI is InChI=1S/C19H27N/c1-14-4-3-5-15(6-14)13-20(2)19-10-16-7-17(11-19)9-18(8-16)12-19/h3-6,16-18H,7-13H2,1-2H3. The van der Waals surface area contributed by atoms with Crippen LogP contribution in [-0.4, -0.2) is 17.5 Å². The fourth-order valence-electron chi connectivity index (χ4n) is 5.78. The Morgan fingerprint density at radius 3 is 2.20 bits per heavy atom. The van der Waals surface area contributed by atoms with E-state index in [9.17, 15) is 0 Å². The quantitative estimate of drug-likeness (QED) is 0.786. The van der Waals surface area contributed by atoms with Gasteiger partial charge in [-0.25, -0.2) is 0 Å². The summed E-state index contributed by atoms with van der Waals surface area (Å²) < 4.78 is 0. The van der Waals surface area contributed by atoms with Gasteiger partial charge in [0, 0.05) is 12.1 Å². The van der Waals surface area contributed by atoms with Gasteiger partial charge in [-0.15, -0.1) is 0 Å². The fraction of sp³-hybridized carbons (Fsp3) is 0.684. The molecule has 0 aromatic heterocycles. The van der Waals surface area contributed by atoms with E-state index in [1.165, 1.54) is 49.7 Å². The molecular formula is C19H27N. The third-order valence-corrected chi connectivity index (χ3v) is 6.32. The second-order valence-corrected chi connectivity index (χ2v) is 7.99. The van der Waals surface area contributed by atoms with E-state index in [1.54, 1.807) is 0 Å². The van der Waals surface area contributed by atoms with E-state index in [4.69, 9.17) is 0 Å². The molecule has 0 heterocycles. The van der Waals surface area contributed by atoms with E-state index in [0.717, 1.165) is 24.3 Å². The van der Waals surface area contributed by atoms with Crippen LogP contribution in [0.4, 0.5) is 0 Å². The molecule has 0 aliphatic heterocycles. The SMILES string of the molecule is Cc1cccc(CN(C)C23CC4CC(CC(C4)C2)C3)c1. The molecule has 0 atom stereocenters. The molecule has 1 aromatic carbocycles. The largest absolute Gasteiger partial charge is 0.296 e. The molecule has 4 saturated carbocycles. The van der Waals surface area contributed by atoms with E-state index >= 15 is 0 Å². The van der Waals surface area contributed by atoms with Crippen molar-refractivity contribution in [3.8, 4) is 0 Å².